The smallest absolute Gasteiger partial charge is 0.417 e. The normalized spacial score (nSPS) is 26.2. The third-order valence-electron chi connectivity index (χ3n) is 9.68. The van der Waals surface area contributed by atoms with Gasteiger partial charge < -0.3 is 18.9 Å². The maximum atomic E-state index is 13.9. The van der Waals surface area contributed by atoms with Gasteiger partial charge in [0.1, 0.15) is 11.5 Å². The Morgan fingerprint density at radius 1 is 1.16 bits per heavy atom. The van der Waals surface area contributed by atoms with E-state index < -0.39 is 11.7 Å². The van der Waals surface area contributed by atoms with Gasteiger partial charge in [0.2, 0.25) is 0 Å². The van der Waals surface area contributed by atoms with Crippen LogP contribution in [0.5, 0.6) is 0 Å². The van der Waals surface area contributed by atoms with E-state index in [1.54, 1.807) is 17.4 Å². The van der Waals surface area contributed by atoms with E-state index in [2.05, 4.69) is 10.1 Å². The Balaban J connectivity index is 1.04. The van der Waals surface area contributed by atoms with Gasteiger partial charge in [-0.1, -0.05) is 34.7 Å². The number of alkyl halides is 3. The van der Waals surface area contributed by atoms with E-state index >= 15 is 0 Å². The quantitative estimate of drug-likeness (QED) is 0.201. The number of fused-ring (bicyclic) bond motifs is 5. The molecule has 11 heteroatoms. The summed E-state index contributed by atoms with van der Waals surface area (Å²) in [6, 6.07) is 9.89. The van der Waals surface area contributed by atoms with E-state index in [-0.39, 0.29) is 35.9 Å². The minimum atomic E-state index is -4.50. The molecule has 4 heterocycles. The Morgan fingerprint density at radius 3 is 2.74 bits per heavy atom. The van der Waals surface area contributed by atoms with Crippen molar-refractivity contribution in [2.24, 2.45) is 11.8 Å². The minimum absolute atomic E-state index is 0.0316. The number of thiazole rings is 1. The van der Waals surface area contributed by atoms with Gasteiger partial charge in [-0.15, -0.1) is 0 Å². The first kappa shape index (κ1) is 27.1. The molecule has 2 saturated heterocycles. The van der Waals surface area contributed by atoms with Crippen LogP contribution >= 0.6 is 11.3 Å². The number of piperidine rings is 1. The van der Waals surface area contributed by atoms with Crippen molar-refractivity contribution in [1.29, 1.82) is 0 Å². The molecule has 0 amide bonds. The molecule has 2 bridgehead atoms. The van der Waals surface area contributed by atoms with Crippen LogP contribution in [0, 0.1) is 18.8 Å². The number of rotatable bonds is 7. The van der Waals surface area contributed by atoms with Crippen LogP contribution in [0.15, 0.2) is 40.9 Å². The average molecular weight is 610 g/mol. The van der Waals surface area contributed by atoms with Crippen molar-refractivity contribution in [3.8, 4) is 11.3 Å². The SMILES string of the molecule is COC(=O)c1cc(C)c2nc(N3C4CCC3C3C(C4)C3OCc3c(-c4ccccc4C(F)(F)F)noc3C3CC3)sc2c1. The van der Waals surface area contributed by atoms with Crippen molar-refractivity contribution in [3.05, 3.63) is 64.4 Å². The molecule has 2 aromatic heterocycles. The highest BCUT2D eigenvalue weighted by atomic mass is 32.1. The first-order valence-corrected chi connectivity index (χ1v) is 15.6. The number of halogens is 3. The fraction of sp³-hybridized carbons (Fsp3) is 0.469. The summed E-state index contributed by atoms with van der Waals surface area (Å²) in [5, 5.41) is 5.12. The zero-order chi connectivity index (χ0) is 29.6. The number of hydrogen-bond donors (Lipinski definition) is 0. The largest absolute Gasteiger partial charge is 0.465 e. The third-order valence-corrected chi connectivity index (χ3v) is 10.7. The van der Waals surface area contributed by atoms with E-state index in [1.165, 1.54) is 19.2 Å². The molecule has 5 unspecified atom stereocenters. The van der Waals surface area contributed by atoms with Crippen molar-refractivity contribution >= 4 is 32.7 Å². The summed E-state index contributed by atoms with van der Waals surface area (Å²) >= 11 is 1.61. The third kappa shape index (κ3) is 4.46. The monoisotopic (exact) mass is 609 g/mol. The van der Waals surface area contributed by atoms with Crippen LogP contribution in [-0.2, 0) is 22.3 Å². The Hall–Kier alpha value is -3.44. The van der Waals surface area contributed by atoms with Gasteiger partial charge in [0, 0.05) is 35.0 Å². The second-order valence-corrected chi connectivity index (χ2v) is 13.3. The molecule has 0 spiro atoms. The van der Waals surface area contributed by atoms with Gasteiger partial charge in [0.15, 0.2) is 5.13 Å². The van der Waals surface area contributed by atoms with E-state index in [4.69, 9.17) is 19.0 Å². The molecule has 4 aliphatic rings. The highest BCUT2D eigenvalue weighted by molar-refractivity contribution is 7.22. The highest BCUT2D eigenvalue weighted by Gasteiger charge is 2.63. The summed E-state index contributed by atoms with van der Waals surface area (Å²) in [7, 11) is 1.38. The molecule has 7 nitrogen and oxygen atoms in total. The lowest BCUT2D eigenvalue weighted by Crippen LogP contribution is -2.41. The fourth-order valence-corrected chi connectivity index (χ4v) is 8.73. The summed E-state index contributed by atoms with van der Waals surface area (Å²) in [6.07, 6.45) is 0.574. The van der Waals surface area contributed by atoms with Crippen LogP contribution in [0.25, 0.3) is 21.5 Å². The predicted molar refractivity (Wildman–Crippen MR) is 154 cm³/mol. The van der Waals surface area contributed by atoms with Crippen LogP contribution in [-0.4, -0.2) is 41.4 Å². The number of ether oxygens (including phenoxy) is 2. The van der Waals surface area contributed by atoms with Gasteiger partial charge in [-0.05, 0) is 68.7 Å². The average Bonchev–Trinajstić information content (AvgIpc) is 3.81. The van der Waals surface area contributed by atoms with Gasteiger partial charge in [-0.2, -0.15) is 13.2 Å². The molecule has 2 aliphatic heterocycles. The van der Waals surface area contributed by atoms with Crippen LogP contribution < -0.4 is 4.90 Å². The van der Waals surface area contributed by atoms with Gasteiger partial charge in [-0.3, -0.25) is 0 Å². The van der Waals surface area contributed by atoms with E-state index in [0.717, 1.165) is 59.1 Å². The van der Waals surface area contributed by atoms with Gasteiger partial charge in [-0.25, -0.2) is 9.78 Å². The zero-order valence-electron chi connectivity index (χ0n) is 23.7. The van der Waals surface area contributed by atoms with Gasteiger partial charge in [0.05, 0.1) is 41.2 Å². The number of aryl methyl sites for hydroxylation is 1. The molecule has 43 heavy (non-hydrogen) atoms. The van der Waals surface area contributed by atoms with Gasteiger partial charge >= 0.3 is 12.1 Å². The number of methoxy groups -OCH3 is 1. The second-order valence-electron chi connectivity index (χ2n) is 12.3. The Morgan fingerprint density at radius 2 is 1.98 bits per heavy atom. The van der Waals surface area contributed by atoms with Crippen molar-refractivity contribution in [1.82, 2.24) is 10.1 Å². The number of aromatic nitrogens is 2. The Bertz CT molecular complexity index is 1750. The highest BCUT2D eigenvalue weighted by Crippen LogP contribution is 2.59. The lowest BCUT2D eigenvalue weighted by Gasteiger charge is -2.33. The van der Waals surface area contributed by atoms with Crippen LogP contribution in [0.4, 0.5) is 18.3 Å². The summed E-state index contributed by atoms with van der Waals surface area (Å²) in [6.45, 7) is 2.15. The summed E-state index contributed by atoms with van der Waals surface area (Å²) in [5.41, 5.74) is 2.57. The minimum Gasteiger partial charge on any atom is -0.465 e. The number of anilines is 1. The Kier molecular flexibility index (Phi) is 6.17. The molecule has 5 atom stereocenters. The molecule has 2 aliphatic carbocycles. The maximum absolute atomic E-state index is 13.9. The van der Waals surface area contributed by atoms with Crippen LogP contribution in [0.3, 0.4) is 0 Å². The standard InChI is InChI=1S/C32H30F3N3O4S/c1-15-11-17(30(39)40-2)12-24-26(15)36-31(43-24)38-18-9-10-23(38)25-20(13-18)29(25)41-14-21-27(37-42-28(21)16-7-8-16)19-5-3-4-6-22(19)32(33,34)35/h3-6,11-12,16,18,20,23,25,29H,7-10,13-14H2,1-2H3. The molecule has 224 valence electrons. The van der Waals surface area contributed by atoms with Crippen LogP contribution in [0.1, 0.15) is 70.8 Å². The molecule has 4 aromatic rings. The van der Waals surface area contributed by atoms with E-state index in [9.17, 15) is 18.0 Å². The molecule has 0 N–H and O–H groups in total. The Labute approximate surface area is 250 Å². The number of nitrogens with zero attached hydrogens (tertiary/aromatic N) is 3. The number of carbonyl (C=O) groups excluding carboxylic acids is 1. The summed E-state index contributed by atoms with van der Waals surface area (Å²) in [5.74, 6) is 1.25. The van der Waals surface area contributed by atoms with Crippen molar-refractivity contribution in [2.45, 2.75) is 75.9 Å². The number of hydrogen-bond acceptors (Lipinski definition) is 8. The van der Waals surface area contributed by atoms with E-state index in [0.29, 0.717) is 40.8 Å². The molecule has 2 saturated carbocycles. The molecule has 0 radical (unpaired) electrons. The molecular weight excluding hydrogens is 579 g/mol. The van der Waals surface area contributed by atoms with Crippen molar-refractivity contribution in [3.63, 3.8) is 0 Å². The number of esters is 1. The van der Waals surface area contributed by atoms with Gasteiger partial charge in [0.25, 0.3) is 0 Å². The molecule has 8 rings (SSSR count). The topological polar surface area (TPSA) is 77.7 Å². The fourth-order valence-electron chi connectivity index (χ4n) is 7.52. The molecule has 4 fully saturated rings. The van der Waals surface area contributed by atoms with E-state index in [1.807, 2.05) is 19.1 Å². The predicted octanol–water partition coefficient (Wildman–Crippen LogP) is 7.52. The molecule has 2 aromatic carbocycles. The number of benzene rings is 2. The zero-order valence-corrected chi connectivity index (χ0v) is 24.5. The van der Waals surface area contributed by atoms with Crippen molar-refractivity contribution < 1.29 is 32.0 Å². The second kappa shape index (κ2) is 9.79. The maximum Gasteiger partial charge on any atom is 0.417 e. The summed E-state index contributed by atoms with van der Waals surface area (Å²) < 4.78 is 59.7. The molecular formula is C32H30F3N3O4S. The lowest BCUT2D eigenvalue weighted by atomic mass is 9.99. The van der Waals surface area contributed by atoms with Crippen molar-refractivity contribution in [2.75, 3.05) is 12.0 Å². The first-order valence-electron chi connectivity index (χ1n) is 14.8. The summed E-state index contributed by atoms with van der Waals surface area (Å²) in [4.78, 5) is 19.6. The number of carbonyl (C=O) groups is 1. The van der Waals surface area contributed by atoms with Crippen LogP contribution in [0.2, 0.25) is 0 Å². The first-order chi connectivity index (χ1) is 20.7. The lowest BCUT2D eigenvalue weighted by molar-refractivity contribution is -0.137.